The van der Waals surface area contributed by atoms with Gasteiger partial charge in [0.15, 0.2) is 0 Å². The molecule has 2 aromatic rings. The number of amides is 1. The third kappa shape index (κ3) is 4.48. The maximum absolute atomic E-state index is 12.8. The van der Waals surface area contributed by atoms with Gasteiger partial charge < -0.3 is 14.2 Å². The zero-order chi connectivity index (χ0) is 18.5. The van der Waals surface area contributed by atoms with Crippen LogP contribution in [0.25, 0.3) is 0 Å². The number of ether oxygens (including phenoxy) is 1. The van der Waals surface area contributed by atoms with E-state index in [-0.39, 0.29) is 5.91 Å². The number of thiophene rings is 1. The Kier molecular flexibility index (Phi) is 6.37. The van der Waals surface area contributed by atoms with Crippen LogP contribution in [0.1, 0.15) is 18.1 Å². The number of carbonyl (C=O) groups excluding carboxylic acids is 1. The van der Waals surface area contributed by atoms with E-state index in [1.807, 2.05) is 40.0 Å². The van der Waals surface area contributed by atoms with E-state index in [9.17, 15) is 9.35 Å². The van der Waals surface area contributed by atoms with Crippen molar-refractivity contribution in [1.29, 1.82) is 0 Å². The summed E-state index contributed by atoms with van der Waals surface area (Å²) in [5, 5.41) is 1.93. The maximum atomic E-state index is 12.8. The van der Waals surface area contributed by atoms with E-state index in [2.05, 4.69) is 6.58 Å². The first-order valence-corrected chi connectivity index (χ1v) is 10.4. The summed E-state index contributed by atoms with van der Waals surface area (Å²) in [6.07, 6.45) is 1.72. The normalized spacial score (nSPS) is 15.5. The maximum Gasteiger partial charge on any atom is 0.227 e. The average molecular weight is 391 g/mol. The van der Waals surface area contributed by atoms with E-state index in [1.165, 1.54) is 11.3 Å². The summed E-state index contributed by atoms with van der Waals surface area (Å²) < 4.78 is 21.4. The molecular formula is C19H22N2O3S2. The molecule has 2 heterocycles. The van der Waals surface area contributed by atoms with Crippen LogP contribution in [0.4, 0.5) is 0 Å². The highest BCUT2D eigenvalue weighted by atomic mass is 32.2. The summed E-state index contributed by atoms with van der Waals surface area (Å²) in [6.45, 7) is 7.94. The zero-order valence-corrected chi connectivity index (χ0v) is 16.4. The summed E-state index contributed by atoms with van der Waals surface area (Å²) in [5.41, 5.74) is 2.01. The number of carbonyl (C=O) groups is 1. The van der Waals surface area contributed by atoms with E-state index in [0.29, 0.717) is 32.8 Å². The molecule has 1 aromatic carbocycles. The van der Waals surface area contributed by atoms with Crippen LogP contribution in [-0.2, 0) is 29.2 Å². The van der Waals surface area contributed by atoms with Crippen molar-refractivity contribution in [3.8, 4) is 5.75 Å². The molecule has 26 heavy (non-hydrogen) atoms. The van der Waals surface area contributed by atoms with Crippen LogP contribution in [0.5, 0.6) is 5.75 Å². The Bertz CT molecular complexity index is 764. The quantitative estimate of drug-likeness (QED) is 0.561. The van der Waals surface area contributed by atoms with Crippen LogP contribution in [-0.4, -0.2) is 39.4 Å². The molecule has 7 heteroatoms. The standard InChI is InChI=1S/C19H22N2O3S2/c1-3-8-20(15(2)22)13-16-6-7-18-17(12-16)14-21(9-10-24-18)26(23)19-5-4-11-25-19/h3-7,11-12H,1,8-10,13-14H2,2H3. The minimum atomic E-state index is -1.19. The number of hydrogen-bond donors (Lipinski definition) is 0. The number of fused-ring (bicyclic) bond motifs is 1. The van der Waals surface area contributed by atoms with Crippen molar-refractivity contribution in [2.24, 2.45) is 0 Å². The van der Waals surface area contributed by atoms with Gasteiger partial charge in [0.2, 0.25) is 10.1 Å². The van der Waals surface area contributed by atoms with Crippen molar-refractivity contribution in [2.45, 2.75) is 24.2 Å². The molecule has 1 aliphatic heterocycles. The Hall–Kier alpha value is -1.80. The van der Waals surface area contributed by atoms with E-state index >= 15 is 0 Å². The zero-order valence-electron chi connectivity index (χ0n) is 14.7. The Morgan fingerprint density at radius 3 is 3.04 bits per heavy atom. The molecule has 0 bridgehead atoms. The topological polar surface area (TPSA) is 55.8 Å². The summed E-state index contributed by atoms with van der Waals surface area (Å²) in [6, 6.07) is 9.76. The van der Waals surface area contributed by atoms with Gasteiger partial charge in [-0.15, -0.1) is 10.9 Å². The Morgan fingerprint density at radius 2 is 2.35 bits per heavy atom. The molecule has 138 valence electrons. The fourth-order valence-electron chi connectivity index (χ4n) is 2.83. The molecule has 0 saturated heterocycles. The van der Waals surface area contributed by atoms with Crippen LogP contribution in [0.2, 0.25) is 0 Å². The minimum Gasteiger partial charge on any atom is -0.592 e. The molecule has 1 atom stereocenters. The molecule has 3 rings (SSSR count). The lowest BCUT2D eigenvalue weighted by Crippen LogP contribution is -2.32. The highest BCUT2D eigenvalue weighted by Gasteiger charge is 2.27. The number of benzene rings is 1. The van der Waals surface area contributed by atoms with Gasteiger partial charge in [0, 0.05) is 31.6 Å². The smallest absolute Gasteiger partial charge is 0.227 e. The lowest BCUT2D eigenvalue weighted by Gasteiger charge is -2.21. The third-order valence-corrected chi connectivity index (χ3v) is 6.78. The van der Waals surface area contributed by atoms with Crippen LogP contribution in [0.15, 0.2) is 52.6 Å². The first kappa shape index (κ1) is 19.0. The third-order valence-electron chi connectivity index (χ3n) is 4.14. The van der Waals surface area contributed by atoms with Gasteiger partial charge in [0.25, 0.3) is 0 Å². The van der Waals surface area contributed by atoms with Crippen LogP contribution < -0.4 is 4.74 Å². The van der Waals surface area contributed by atoms with E-state index in [4.69, 9.17) is 4.74 Å². The van der Waals surface area contributed by atoms with E-state index in [1.54, 1.807) is 17.9 Å². The van der Waals surface area contributed by atoms with E-state index in [0.717, 1.165) is 21.1 Å². The van der Waals surface area contributed by atoms with Crippen molar-refractivity contribution in [2.75, 3.05) is 19.7 Å². The van der Waals surface area contributed by atoms with Crippen molar-refractivity contribution in [3.05, 3.63) is 59.5 Å². The van der Waals surface area contributed by atoms with Gasteiger partial charge in [-0.3, -0.25) is 4.79 Å². The molecule has 0 spiro atoms. The van der Waals surface area contributed by atoms with Gasteiger partial charge >= 0.3 is 0 Å². The molecule has 0 fully saturated rings. The van der Waals surface area contributed by atoms with Crippen LogP contribution in [0.3, 0.4) is 0 Å². The second-order valence-corrected chi connectivity index (χ2v) is 8.68. The highest BCUT2D eigenvalue weighted by molar-refractivity contribution is 7.91. The second kappa shape index (κ2) is 8.73. The first-order chi connectivity index (χ1) is 12.6. The van der Waals surface area contributed by atoms with Gasteiger partial charge in [-0.05, 0) is 29.1 Å². The van der Waals surface area contributed by atoms with Crippen LogP contribution >= 0.6 is 11.3 Å². The molecule has 0 saturated carbocycles. The second-order valence-electron chi connectivity index (χ2n) is 6.02. The van der Waals surface area contributed by atoms with Crippen molar-refractivity contribution >= 4 is 28.6 Å². The van der Waals surface area contributed by atoms with Crippen LogP contribution in [0, 0.1) is 0 Å². The number of hydrogen-bond acceptors (Lipinski definition) is 5. The number of nitrogens with zero attached hydrogens (tertiary/aromatic N) is 2. The molecule has 1 unspecified atom stereocenters. The van der Waals surface area contributed by atoms with Gasteiger partial charge in [-0.25, -0.2) is 0 Å². The monoisotopic (exact) mass is 390 g/mol. The van der Waals surface area contributed by atoms with E-state index < -0.39 is 11.4 Å². The molecule has 1 aromatic heterocycles. The minimum absolute atomic E-state index is 0.0107. The van der Waals surface area contributed by atoms with Crippen molar-refractivity contribution < 1.29 is 14.1 Å². The predicted molar refractivity (Wildman–Crippen MR) is 104 cm³/mol. The Balaban J connectivity index is 1.79. The molecule has 0 N–H and O–H groups in total. The lowest BCUT2D eigenvalue weighted by molar-refractivity contribution is -0.128. The molecule has 1 amide bonds. The lowest BCUT2D eigenvalue weighted by atomic mass is 10.1. The Morgan fingerprint density at radius 1 is 1.50 bits per heavy atom. The highest BCUT2D eigenvalue weighted by Crippen LogP contribution is 2.29. The first-order valence-electron chi connectivity index (χ1n) is 8.40. The van der Waals surface area contributed by atoms with Gasteiger partial charge in [-0.1, -0.05) is 23.5 Å². The van der Waals surface area contributed by atoms with Gasteiger partial charge in [-0.2, -0.15) is 0 Å². The molecule has 5 nitrogen and oxygen atoms in total. The summed E-state index contributed by atoms with van der Waals surface area (Å²) in [7, 11) is 0. The predicted octanol–water partition coefficient (Wildman–Crippen LogP) is 3.20. The van der Waals surface area contributed by atoms with Gasteiger partial charge in [0.05, 0.1) is 24.5 Å². The largest absolute Gasteiger partial charge is 0.592 e. The van der Waals surface area contributed by atoms with Gasteiger partial charge in [0.1, 0.15) is 12.4 Å². The van der Waals surface area contributed by atoms with Crippen molar-refractivity contribution in [3.63, 3.8) is 0 Å². The molecule has 1 aliphatic rings. The fraction of sp³-hybridized carbons (Fsp3) is 0.316. The fourth-order valence-corrected chi connectivity index (χ4v) is 5.04. The summed E-state index contributed by atoms with van der Waals surface area (Å²) in [5.74, 6) is 0.828. The van der Waals surface area contributed by atoms with Crippen molar-refractivity contribution in [1.82, 2.24) is 9.21 Å². The summed E-state index contributed by atoms with van der Waals surface area (Å²) in [4.78, 5) is 13.5. The molecule has 0 radical (unpaired) electrons. The number of rotatable bonds is 6. The molecule has 0 aliphatic carbocycles. The average Bonchev–Trinajstić information content (AvgIpc) is 3.07. The molecular weight excluding hydrogens is 368 g/mol. The Labute approximate surface area is 161 Å². The summed E-state index contributed by atoms with van der Waals surface area (Å²) >= 11 is 0.306. The SMILES string of the molecule is C=CCN(Cc1ccc2c(c1)CN([S+]([O-])c1cccs1)CCO2)C(C)=O.